The molecule has 4 heteroatoms. The van der Waals surface area contributed by atoms with Crippen molar-refractivity contribution in [2.45, 2.75) is 66.2 Å². The maximum atomic E-state index is 6.64. The minimum atomic E-state index is -0.919. The fraction of sp³-hybridized carbons (Fsp3) is 0.556. The van der Waals surface area contributed by atoms with E-state index in [1.54, 1.807) is 0 Å². The molecule has 0 spiro atoms. The number of hydrogen-bond donors (Lipinski definition) is 0. The second-order valence-electron chi connectivity index (χ2n) is 10.6. The van der Waals surface area contributed by atoms with Crippen molar-refractivity contribution in [3.63, 3.8) is 0 Å². The molecule has 2 aromatic rings. The van der Waals surface area contributed by atoms with Gasteiger partial charge in [0.1, 0.15) is 5.75 Å². The Morgan fingerprint density at radius 3 is 1.74 bits per heavy atom. The van der Waals surface area contributed by atoms with E-state index in [2.05, 4.69) is 79.9 Å². The smallest absolute Gasteiger partial charge is 0.389 e. The lowest BCUT2D eigenvalue weighted by Gasteiger charge is -2.46. The van der Waals surface area contributed by atoms with Crippen LogP contribution >= 0.6 is 0 Å². The highest BCUT2D eigenvalue weighted by Gasteiger charge is 2.51. The zero-order chi connectivity index (χ0) is 22.6. The van der Waals surface area contributed by atoms with Crippen LogP contribution in [0.2, 0.25) is 0 Å². The van der Waals surface area contributed by atoms with Gasteiger partial charge in [-0.3, -0.25) is 9.22 Å². The first kappa shape index (κ1) is 27.5. The first-order valence-corrected chi connectivity index (χ1v) is 11.2. The van der Waals surface area contributed by atoms with Crippen LogP contribution in [0.15, 0.2) is 54.6 Å². The van der Waals surface area contributed by atoms with E-state index in [9.17, 15) is 0 Å². The van der Waals surface area contributed by atoms with Crippen molar-refractivity contribution in [2.75, 3.05) is 27.2 Å². The molecule has 174 valence electrons. The van der Waals surface area contributed by atoms with E-state index in [0.29, 0.717) is 11.1 Å². The molecule has 0 saturated carbocycles. The molecular weight excluding hydrogens is 406 g/mol. The third-order valence-corrected chi connectivity index (χ3v) is 5.93. The molecule has 0 aliphatic carbocycles. The Morgan fingerprint density at radius 1 is 0.774 bits per heavy atom. The third kappa shape index (κ3) is 6.47. The highest BCUT2D eigenvalue weighted by molar-refractivity contribution is 5.31. The van der Waals surface area contributed by atoms with Crippen LogP contribution in [0.3, 0.4) is 0 Å². The normalized spacial score (nSPS) is 14.5. The SMILES string of the molecule is CCOC(Oc1ccccc1)(c1ccc(C(C)(C)CC(C)(C)C)cc1)[N+](C)(C)CC.[Cl-]. The molecule has 2 rings (SSSR count). The van der Waals surface area contributed by atoms with Crippen molar-refractivity contribution < 1.29 is 26.4 Å². The molecule has 31 heavy (non-hydrogen) atoms. The molecule has 0 aromatic heterocycles. The molecule has 0 bridgehead atoms. The lowest BCUT2D eigenvalue weighted by Crippen LogP contribution is -3.00. The van der Waals surface area contributed by atoms with E-state index in [-0.39, 0.29) is 23.2 Å². The monoisotopic (exact) mass is 447 g/mol. The molecule has 2 aromatic carbocycles. The van der Waals surface area contributed by atoms with Crippen molar-refractivity contribution in [1.29, 1.82) is 0 Å². The second kappa shape index (κ2) is 10.4. The number of rotatable bonds is 9. The molecule has 0 fully saturated rings. The first-order chi connectivity index (χ1) is 13.9. The van der Waals surface area contributed by atoms with Crippen molar-refractivity contribution in [3.8, 4) is 5.75 Å². The van der Waals surface area contributed by atoms with Gasteiger partial charge in [-0.2, -0.15) is 0 Å². The van der Waals surface area contributed by atoms with Gasteiger partial charge in [-0.1, -0.05) is 65.0 Å². The Morgan fingerprint density at radius 2 is 1.29 bits per heavy atom. The summed E-state index contributed by atoms with van der Waals surface area (Å²) in [4.78, 5) is 0. The zero-order valence-corrected chi connectivity index (χ0v) is 21.7. The van der Waals surface area contributed by atoms with Gasteiger partial charge in [-0.15, -0.1) is 0 Å². The summed E-state index contributed by atoms with van der Waals surface area (Å²) in [7, 11) is 4.33. The van der Waals surface area contributed by atoms with Gasteiger partial charge < -0.3 is 17.1 Å². The molecular formula is C27H42ClNO2. The Kier molecular flexibility index (Phi) is 9.20. The minimum absolute atomic E-state index is 0. The summed E-state index contributed by atoms with van der Waals surface area (Å²) in [6, 6.07) is 18.8. The number of benzene rings is 2. The van der Waals surface area contributed by atoms with Gasteiger partial charge >= 0.3 is 5.91 Å². The van der Waals surface area contributed by atoms with E-state index < -0.39 is 5.91 Å². The van der Waals surface area contributed by atoms with Gasteiger partial charge in [0.05, 0.1) is 32.8 Å². The number of ether oxygens (including phenoxy) is 2. The lowest BCUT2D eigenvalue weighted by atomic mass is 9.72. The Bertz CT molecular complexity index is 794. The van der Waals surface area contributed by atoms with Crippen molar-refractivity contribution in [1.82, 2.24) is 0 Å². The Balaban J connectivity index is 0.00000480. The van der Waals surface area contributed by atoms with Gasteiger partial charge in [0.2, 0.25) is 0 Å². The summed E-state index contributed by atoms with van der Waals surface area (Å²) < 4.78 is 13.6. The Labute approximate surface area is 196 Å². The molecule has 0 amide bonds. The van der Waals surface area contributed by atoms with E-state index >= 15 is 0 Å². The summed E-state index contributed by atoms with van der Waals surface area (Å²) in [5, 5.41) is 0. The Hall–Kier alpha value is -1.55. The van der Waals surface area contributed by atoms with Gasteiger partial charge in [0, 0.05) is 0 Å². The van der Waals surface area contributed by atoms with Crippen LogP contribution in [-0.2, 0) is 16.1 Å². The molecule has 1 unspecified atom stereocenters. The number of para-hydroxylation sites is 1. The van der Waals surface area contributed by atoms with Crippen molar-refractivity contribution in [3.05, 3.63) is 65.7 Å². The van der Waals surface area contributed by atoms with E-state index in [1.807, 2.05) is 37.3 Å². The standard InChI is InChI=1S/C27H42NO2.ClH/c1-10-28(8,9)27(29-11-2,30-24-15-13-12-14-16-24)23-19-17-22(18-20-23)26(6,7)21-25(3,4)5;/h12-20H,10-11,21H2,1-9H3;1H/q+1;/p-1. The summed E-state index contributed by atoms with van der Waals surface area (Å²) in [5.41, 5.74) is 2.75. The van der Waals surface area contributed by atoms with Crippen LogP contribution in [0.1, 0.15) is 66.0 Å². The molecule has 3 nitrogen and oxygen atoms in total. The summed E-state index contributed by atoms with van der Waals surface area (Å²) in [5.74, 6) is -0.111. The maximum absolute atomic E-state index is 6.64. The highest BCUT2D eigenvalue weighted by atomic mass is 35.5. The predicted molar refractivity (Wildman–Crippen MR) is 127 cm³/mol. The van der Waals surface area contributed by atoms with Crippen LogP contribution in [0, 0.1) is 5.41 Å². The van der Waals surface area contributed by atoms with E-state index in [4.69, 9.17) is 9.47 Å². The second-order valence-corrected chi connectivity index (χ2v) is 10.6. The van der Waals surface area contributed by atoms with Gasteiger partial charge in [-0.25, -0.2) is 0 Å². The van der Waals surface area contributed by atoms with Crippen LogP contribution in [-0.4, -0.2) is 31.7 Å². The first-order valence-electron chi connectivity index (χ1n) is 11.2. The quantitative estimate of drug-likeness (QED) is 0.430. The molecule has 1 atom stereocenters. The molecule has 0 N–H and O–H groups in total. The van der Waals surface area contributed by atoms with Crippen LogP contribution in [0.4, 0.5) is 0 Å². The number of halogens is 1. The van der Waals surface area contributed by atoms with Crippen molar-refractivity contribution >= 4 is 0 Å². The maximum Gasteiger partial charge on any atom is 0.389 e. The average molecular weight is 448 g/mol. The van der Waals surface area contributed by atoms with Crippen LogP contribution < -0.4 is 17.1 Å². The fourth-order valence-electron chi connectivity index (χ4n) is 4.43. The summed E-state index contributed by atoms with van der Waals surface area (Å²) >= 11 is 0. The van der Waals surface area contributed by atoms with E-state index in [0.717, 1.165) is 24.3 Å². The fourth-order valence-corrected chi connectivity index (χ4v) is 4.43. The van der Waals surface area contributed by atoms with Gasteiger partial charge in [0.15, 0.2) is 0 Å². The predicted octanol–water partition coefficient (Wildman–Crippen LogP) is 3.73. The van der Waals surface area contributed by atoms with Crippen molar-refractivity contribution in [2.24, 2.45) is 5.41 Å². The highest BCUT2D eigenvalue weighted by Crippen LogP contribution is 2.40. The van der Waals surface area contributed by atoms with E-state index in [1.165, 1.54) is 5.56 Å². The minimum Gasteiger partial charge on any atom is -1.00 e. The van der Waals surface area contributed by atoms with Crippen LogP contribution in [0.25, 0.3) is 0 Å². The third-order valence-electron chi connectivity index (χ3n) is 5.93. The molecule has 0 saturated heterocycles. The molecule has 0 heterocycles. The zero-order valence-electron chi connectivity index (χ0n) is 21.0. The topological polar surface area (TPSA) is 18.5 Å². The number of nitrogens with zero attached hydrogens (tertiary/aromatic N) is 1. The van der Waals surface area contributed by atoms with Gasteiger partial charge in [-0.05, 0) is 60.9 Å². The van der Waals surface area contributed by atoms with Crippen LogP contribution in [0.5, 0.6) is 5.75 Å². The van der Waals surface area contributed by atoms with Gasteiger partial charge in [0.25, 0.3) is 0 Å². The molecule has 0 aliphatic heterocycles. The molecule has 0 aliphatic rings. The summed E-state index contributed by atoms with van der Waals surface area (Å²) in [6.07, 6.45) is 1.12. The lowest BCUT2D eigenvalue weighted by molar-refractivity contribution is -1.000. The number of hydrogen-bond acceptors (Lipinski definition) is 2. The summed E-state index contributed by atoms with van der Waals surface area (Å²) in [6.45, 7) is 17.2. The molecule has 0 radical (unpaired) electrons. The average Bonchev–Trinajstić information content (AvgIpc) is 2.66. The number of quaternary nitrogens is 1. The largest absolute Gasteiger partial charge is 1.00 e.